The number of rotatable bonds is 3. The van der Waals surface area contributed by atoms with Gasteiger partial charge in [-0.05, 0) is 38.9 Å². The van der Waals surface area contributed by atoms with E-state index in [9.17, 15) is 0 Å². The fourth-order valence-electron chi connectivity index (χ4n) is 3.66. The zero-order valence-electron chi connectivity index (χ0n) is 13.8. The Morgan fingerprint density at radius 2 is 1.70 bits per heavy atom. The molecule has 23 heavy (non-hydrogen) atoms. The second-order valence-electron chi connectivity index (χ2n) is 6.85. The summed E-state index contributed by atoms with van der Waals surface area (Å²) in [5.41, 5.74) is 5.05. The van der Waals surface area contributed by atoms with Crippen LogP contribution in [0.1, 0.15) is 42.0 Å². The Morgan fingerprint density at radius 3 is 2.57 bits per heavy atom. The Kier molecular flexibility index (Phi) is 3.66. The standard InChI is InChI=1S/C22H22Si/c1-15(2)18-13-17-8-4-6-10-20(17)22(14-18)23-21-12-11-16-7-3-5-9-19(16)21/h3-15,21H,23H2,1-2H3. The minimum Gasteiger partial charge on any atom is -0.0794 e. The summed E-state index contributed by atoms with van der Waals surface area (Å²) >= 11 is 0. The molecule has 0 nitrogen and oxygen atoms in total. The molecule has 1 unspecified atom stereocenters. The largest absolute Gasteiger partial charge is 0.0794 e. The maximum atomic E-state index is 2.48. The van der Waals surface area contributed by atoms with E-state index >= 15 is 0 Å². The van der Waals surface area contributed by atoms with Crippen molar-refractivity contribution in [1.29, 1.82) is 0 Å². The van der Waals surface area contributed by atoms with E-state index < -0.39 is 9.52 Å². The lowest BCUT2D eigenvalue weighted by Crippen LogP contribution is -2.22. The Bertz CT molecular complexity index is 889. The average Bonchev–Trinajstić information content (AvgIpc) is 2.98. The van der Waals surface area contributed by atoms with Gasteiger partial charge < -0.3 is 0 Å². The maximum Gasteiger partial charge on any atom is 0.0679 e. The fraction of sp³-hybridized carbons (Fsp3) is 0.182. The zero-order valence-corrected chi connectivity index (χ0v) is 15.2. The van der Waals surface area contributed by atoms with E-state index in [0.29, 0.717) is 11.5 Å². The second kappa shape index (κ2) is 5.82. The van der Waals surface area contributed by atoms with Crippen molar-refractivity contribution >= 4 is 31.6 Å². The van der Waals surface area contributed by atoms with Crippen molar-refractivity contribution in [3.8, 4) is 0 Å². The Hall–Kier alpha value is -2.12. The molecule has 0 spiro atoms. The molecule has 1 atom stereocenters. The Morgan fingerprint density at radius 1 is 0.913 bits per heavy atom. The van der Waals surface area contributed by atoms with Gasteiger partial charge in [0, 0.05) is 0 Å². The van der Waals surface area contributed by atoms with Gasteiger partial charge in [0.15, 0.2) is 0 Å². The van der Waals surface area contributed by atoms with Gasteiger partial charge in [0.05, 0.1) is 9.52 Å². The molecule has 0 heterocycles. The number of hydrogen-bond donors (Lipinski definition) is 0. The first-order chi connectivity index (χ1) is 11.2. The van der Waals surface area contributed by atoms with Crippen LogP contribution in [0.4, 0.5) is 0 Å². The van der Waals surface area contributed by atoms with Crippen molar-refractivity contribution in [2.75, 3.05) is 0 Å². The molecule has 1 heteroatoms. The van der Waals surface area contributed by atoms with E-state index in [1.165, 1.54) is 27.5 Å². The highest BCUT2D eigenvalue weighted by molar-refractivity contribution is 6.59. The van der Waals surface area contributed by atoms with Crippen LogP contribution < -0.4 is 5.19 Å². The molecule has 0 aliphatic heterocycles. The van der Waals surface area contributed by atoms with Crippen LogP contribution in [0.25, 0.3) is 16.8 Å². The zero-order chi connectivity index (χ0) is 15.8. The Balaban J connectivity index is 1.79. The third-order valence-corrected chi connectivity index (χ3v) is 7.16. The van der Waals surface area contributed by atoms with Gasteiger partial charge in [-0.15, -0.1) is 0 Å². The predicted molar refractivity (Wildman–Crippen MR) is 104 cm³/mol. The van der Waals surface area contributed by atoms with E-state index in [-0.39, 0.29) is 0 Å². The fourth-order valence-corrected chi connectivity index (χ4v) is 5.89. The first-order valence-corrected chi connectivity index (χ1v) is 10.0. The molecule has 0 amide bonds. The average molecular weight is 315 g/mol. The minimum atomic E-state index is -0.406. The summed E-state index contributed by atoms with van der Waals surface area (Å²) in [6, 6.07) is 22.6. The van der Waals surface area contributed by atoms with E-state index in [4.69, 9.17) is 0 Å². The predicted octanol–water partition coefficient (Wildman–Crippen LogP) is 4.53. The second-order valence-corrected chi connectivity index (χ2v) is 8.90. The molecule has 0 saturated heterocycles. The van der Waals surface area contributed by atoms with E-state index in [2.05, 4.69) is 86.7 Å². The summed E-state index contributed by atoms with van der Waals surface area (Å²) in [5, 5.41) is 4.47. The van der Waals surface area contributed by atoms with E-state index in [0.717, 1.165) is 0 Å². The van der Waals surface area contributed by atoms with Crippen LogP contribution in [0.15, 0.2) is 66.7 Å². The van der Waals surface area contributed by atoms with Crippen LogP contribution in [0.2, 0.25) is 0 Å². The molecule has 0 aromatic heterocycles. The molecule has 0 saturated carbocycles. The van der Waals surface area contributed by atoms with Gasteiger partial charge >= 0.3 is 0 Å². The van der Waals surface area contributed by atoms with Crippen molar-refractivity contribution in [2.24, 2.45) is 0 Å². The van der Waals surface area contributed by atoms with Crippen molar-refractivity contribution in [2.45, 2.75) is 25.3 Å². The van der Waals surface area contributed by atoms with E-state index in [1.807, 2.05) is 0 Å². The normalized spacial score (nSPS) is 16.7. The van der Waals surface area contributed by atoms with Crippen molar-refractivity contribution in [1.82, 2.24) is 0 Å². The number of hydrogen-bond acceptors (Lipinski definition) is 0. The highest BCUT2D eigenvalue weighted by Gasteiger charge is 2.19. The van der Waals surface area contributed by atoms with Gasteiger partial charge in [-0.2, -0.15) is 0 Å². The van der Waals surface area contributed by atoms with Crippen LogP contribution >= 0.6 is 0 Å². The van der Waals surface area contributed by atoms with Crippen LogP contribution in [-0.2, 0) is 0 Å². The quantitative estimate of drug-likeness (QED) is 0.623. The summed E-state index contributed by atoms with van der Waals surface area (Å²) in [4.78, 5) is 0. The highest BCUT2D eigenvalue weighted by Crippen LogP contribution is 2.29. The van der Waals surface area contributed by atoms with Gasteiger partial charge in [-0.25, -0.2) is 0 Å². The minimum absolute atomic E-state index is 0.406. The lowest BCUT2D eigenvalue weighted by Gasteiger charge is -2.16. The molecule has 3 aromatic rings. The Labute approximate surface area is 140 Å². The topological polar surface area (TPSA) is 0 Å². The molecule has 1 aliphatic rings. The SMILES string of the molecule is CC(C)c1cc([SiH2]C2C=Cc3ccccc32)c2ccccc2c1. The number of allylic oxidation sites excluding steroid dienone is 1. The molecule has 0 radical (unpaired) electrons. The van der Waals surface area contributed by atoms with Gasteiger partial charge in [0.25, 0.3) is 0 Å². The van der Waals surface area contributed by atoms with Gasteiger partial charge in [-0.1, -0.05) is 91.8 Å². The molecule has 114 valence electrons. The van der Waals surface area contributed by atoms with Crippen molar-refractivity contribution < 1.29 is 0 Å². The van der Waals surface area contributed by atoms with Gasteiger partial charge in [-0.3, -0.25) is 0 Å². The smallest absolute Gasteiger partial charge is 0.0679 e. The molecular formula is C22H22Si. The molecule has 3 aromatic carbocycles. The molecule has 0 bridgehead atoms. The highest BCUT2D eigenvalue weighted by atomic mass is 28.2. The lowest BCUT2D eigenvalue weighted by molar-refractivity contribution is 0.869. The third-order valence-electron chi connectivity index (χ3n) is 4.98. The molecule has 4 rings (SSSR count). The lowest BCUT2D eigenvalue weighted by atomic mass is 9.99. The van der Waals surface area contributed by atoms with Gasteiger partial charge in [0.2, 0.25) is 0 Å². The summed E-state index contributed by atoms with van der Waals surface area (Å²) in [7, 11) is -0.406. The first kappa shape index (κ1) is 14.5. The van der Waals surface area contributed by atoms with Crippen molar-refractivity contribution in [3.05, 3.63) is 83.4 Å². The van der Waals surface area contributed by atoms with Crippen LogP contribution in [0.5, 0.6) is 0 Å². The summed E-state index contributed by atoms with van der Waals surface area (Å²) in [6.07, 6.45) is 4.73. The van der Waals surface area contributed by atoms with E-state index in [1.54, 1.807) is 5.19 Å². The monoisotopic (exact) mass is 314 g/mol. The maximum absolute atomic E-state index is 2.48. The molecule has 0 fully saturated rings. The van der Waals surface area contributed by atoms with Crippen molar-refractivity contribution in [3.63, 3.8) is 0 Å². The van der Waals surface area contributed by atoms with Crippen LogP contribution in [0, 0.1) is 0 Å². The summed E-state index contributed by atoms with van der Waals surface area (Å²) < 4.78 is 0. The third kappa shape index (κ3) is 2.66. The summed E-state index contributed by atoms with van der Waals surface area (Å²) in [6.45, 7) is 4.58. The number of benzene rings is 3. The number of fused-ring (bicyclic) bond motifs is 2. The van der Waals surface area contributed by atoms with Crippen LogP contribution in [-0.4, -0.2) is 9.52 Å². The molecule has 1 aliphatic carbocycles. The molecule has 0 N–H and O–H groups in total. The van der Waals surface area contributed by atoms with Gasteiger partial charge in [0.1, 0.15) is 0 Å². The molecular weight excluding hydrogens is 292 g/mol. The van der Waals surface area contributed by atoms with Crippen LogP contribution in [0.3, 0.4) is 0 Å². The first-order valence-electron chi connectivity index (χ1n) is 8.51. The summed E-state index contributed by atoms with van der Waals surface area (Å²) in [5.74, 6) is 0.582.